The molecule has 1 N–H and O–H groups in total. The molecule has 1 heterocycles. The molecule has 0 aliphatic carbocycles. The van der Waals surface area contributed by atoms with Gasteiger partial charge < -0.3 is 14.4 Å². The monoisotopic (exact) mass is 464 g/mol. The van der Waals surface area contributed by atoms with Gasteiger partial charge in [0.2, 0.25) is 0 Å². The summed E-state index contributed by atoms with van der Waals surface area (Å²) in [5.74, 6) is 1.10. The van der Waals surface area contributed by atoms with Crippen molar-refractivity contribution in [3.05, 3.63) is 75.7 Å². The van der Waals surface area contributed by atoms with Gasteiger partial charge in [-0.15, -0.1) is 0 Å². The Hall–Kier alpha value is -1.50. The molecule has 2 aromatic carbocycles. The Labute approximate surface area is 192 Å². The molecular weight excluding hydrogens is 439 g/mol. The fourth-order valence-electron chi connectivity index (χ4n) is 3.09. The third-order valence-electron chi connectivity index (χ3n) is 4.51. The van der Waals surface area contributed by atoms with Crippen LogP contribution in [-0.4, -0.2) is 21.3 Å². The van der Waals surface area contributed by atoms with E-state index >= 15 is 0 Å². The molecule has 4 nitrogen and oxygen atoms in total. The Morgan fingerprint density at radius 2 is 1.77 bits per heavy atom. The van der Waals surface area contributed by atoms with Gasteiger partial charge in [0, 0.05) is 28.1 Å². The predicted molar refractivity (Wildman–Crippen MR) is 124 cm³/mol. The van der Waals surface area contributed by atoms with Crippen molar-refractivity contribution in [3.8, 4) is 0 Å². The summed E-state index contributed by atoms with van der Waals surface area (Å²) in [6, 6.07) is 15.6. The van der Waals surface area contributed by atoms with Gasteiger partial charge in [-0.1, -0.05) is 79.1 Å². The average molecular weight is 465 g/mol. The van der Waals surface area contributed by atoms with Crippen LogP contribution in [0, 0.1) is 0 Å². The summed E-state index contributed by atoms with van der Waals surface area (Å²) in [6.45, 7) is 5.96. The molecule has 3 rings (SSSR count). The van der Waals surface area contributed by atoms with Crippen LogP contribution in [0.1, 0.15) is 43.3 Å². The van der Waals surface area contributed by atoms with Gasteiger partial charge in [-0.05, 0) is 36.1 Å². The van der Waals surface area contributed by atoms with E-state index in [9.17, 15) is 5.11 Å². The standard InChI is InChI=1S/C23H26Cl2N2O2S/c1-16(2)22-23(30-20-12-18(24)11-19(25)13-20)27(9-6-10-28)21(26-22)15-29-14-17-7-4-3-5-8-17/h3-5,7-8,11-13,16,28H,6,9-10,14-15H2,1-2H3. The first-order valence-corrected chi connectivity index (χ1v) is 11.5. The summed E-state index contributed by atoms with van der Waals surface area (Å²) in [5, 5.41) is 11.6. The molecule has 0 unspecified atom stereocenters. The van der Waals surface area contributed by atoms with E-state index in [2.05, 4.69) is 18.4 Å². The van der Waals surface area contributed by atoms with Gasteiger partial charge in [-0.3, -0.25) is 0 Å². The molecular formula is C23H26Cl2N2O2S. The van der Waals surface area contributed by atoms with E-state index < -0.39 is 0 Å². The van der Waals surface area contributed by atoms with Gasteiger partial charge >= 0.3 is 0 Å². The van der Waals surface area contributed by atoms with Crippen LogP contribution in [0.2, 0.25) is 10.0 Å². The molecule has 0 fully saturated rings. The maximum atomic E-state index is 9.41. The highest BCUT2D eigenvalue weighted by atomic mass is 35.5. The number of rotatable bonds is 10. The van der Waals surface area contributed by atoms with Crippen LogP contribution in [0.3, 0.4) is 0 Å². The molecule has 0 amide bonds. The molecule has 1 aromatic heterocycles. The van der Waals surface area contributed by atoms with Crippen molar-refractivity contribution in [3.63, 3.8) is 0 Å². The third kappa shape index (κ3) is 6.25. The third-order valence-corrected chi connectivity index (χ3v) is 6.04. The first kappa shape index (κ1) is 23.2. The van der Waals surface area contributed by atoms with Crippen LogP contribution < -0.4 is 0 Å². The van der Waals surface area contributed by atoms with Crippen molar-refractivity contribution in [1.82, 2.24) is 9.55 Å². The van der Waals surface area contributed by atoms with Crippen molar-refractivity contribution in [2.24, 2.45) is 0 Å². The average Bonchev–Trinajstić information content (AvgIpc) is 3.04. The summed E-state index contributed by atoms with van der Waals surface area (Å²) in [5.41, 5.74) is 2.13. The number of imidazole rings is 1. The smallest absolute Gasteiger partial charge is 0.136 e. The Bertz CT molecular complexity index is 941. The van der Waals surface area contributed by atoms with Gasteiger partial charge in [0.25, 0.3) is 0 Å². The van der Waals surface area contributed by atoms with Crippen molar-refractivity contribution in [2.75, 3.05) is 6.61 Å². The number of hydrogen-bond acceptors (Lipinski definition) is 4. The molecule has 160 valence electrons. The van der Waals surface area contributed by atoms with E-state index in [-0.39, 0.29) is 12.5 Å². The topological polar surface area (TPSA) is 47.3 Å². The highest BCUT2D eigenvalue weighted by Crippen LogP contribution is 2.37. The van der Waals surface area contributed by atoms with E-state index in [1.807, 2.05) is 42.5 Å². The molecule has 0 aliphatic heterocycles. The molecule has 30 heavy (non-hydrogen) atoms. The Morgan fingerprint density at radius 3 is 2.40 bits per heavy atom. The number of aromatic nitrogens is 2. The predicted octanol–water partition coefficient (Wildman–Crippen LogP) is 6.56. The Balaban J connectivity index is 1.88. The lowest BCUT2D eigenvalue weighted by Crippen LogP contribution is -2.08. The van der Waals surface area contributed by atoms with Crippen molar-refractivity contribution in [2.45, 2.75) is 55.9 Å². The lowest BCUT2D eigenvalue weighted by molar-refractivity contribution is 0.0984. The molecule has 0 saturated heterocycles. The first-order chi connectivity index (χ1) is 14.5. The SMILES string of the molecule is CC(C)c1nc(COCc2ccccc2)n(CCCO)c1Sc1cc(Cl)cc(Cl)c1. The number of halogens is 2. The number of hydrogen-bond donors (Lipinski definition) is 1. The molecule has 0 atom stereocenters. The summed E-state index contributed by atoms with van der Waals surface area (Å²) in [7, 11) is 0. The van der Waals surface area contributed by atoms with E-state index in [1.54, 1.807) is 17.8 Å². The van der Waals surface area contributed by atoms with Crippen LogP contribution in [0.25, 0.3) is 0 Å². The summed E-state index contributed by atoms with van der Waals surface area (Å²) < 4.78 is 8.11. The minimum atomic E-state index is 0.118. The second-order valence-electron chi connectivity index (χ2n) is 7.29. The highest BCUT2D eigenvalue weighted by molar-refractivity contribution is 7.99. The summed E-state index contributed by atoms with van der Waals surface area (Å²) >= 11 is 14.0. The van der Waals surface area contributed by atoms with E-state index in [4.69, 9.17) is 32.9 Å². The molecule has 7 heteroatoms. The quantitative estimate of drug-likeness (QED) is 0.368. The second kappa shape index (κ2) is 11.2. The fourth-order valence-corrected chi connectivity index (χ4v) is 5.03. The molecule has 0 saturated carbocycles. The van der Waals surface area contributed by atoms with Gasteiger partial charge in [0.05, 0.1) is 12.3 Å². The Kier molecular flexibility index (Phi) is 8.66. The molecule has 0 radical (unpaired) electrons. The zero-order chi connectivity index (χ0) is 21.5. The normalized spacial score (nSPS) is 11.4. The van der Waals surface area contributed by atoms with Gasteiger partial charge in [-0.2, -0.15) is 0 Å². The minimum Gasteiger partial charge on any atom is -0.396 e. The van der Waals surface area contributed by atoms with E-state index in [0.29, 0.717) is 36.2 Å². The molecule has 3 aromatic rings. The maximum Gasteiger partial charge on any atom is 0.136 e. The Morgan fingerprint density at radius 1 is 1.07 bits per heavy atom. The first-order valence-electron chi connectivity index (χ1n) is 9.93. The van der Waals surface area contributed by atoms with E-state index in [1.165, 1.54) is 0 Å². The van der Waals surface area contributed by atoms with Crippen LogP contribution >= 0.6 is 35.0 Å². The molecule has 0 aliphatic rings. The van der Waals surface area contributed by atoms with Crippen LogP contribution in [0.4, 0.5) is 0 Å². The minimum absolute atomic E-state index is 0.118. The van der Waals surface area contributed by atoms with Crippen molar-refractivity contribution in [1.29, 1.82) is 0 Å². The van der Waals surface area contributed by atoms with Gasteiger partial charge in [0.1, 0.15) is 17.5 Å². The highest BCUT2D eigenvalue weighted by Gasteiger charge is 2.21. The van der Waals surface area contributed by atoms with Gasteiger partial charge in [-0.25, -0.2) is 4.98 Å². The lowest BCUT2D eigenvalue weighted by atomic mass is 10.1. The number of benzene rings is 2. The molecule has 0 spiro atoms. The lowest BCUT2D eigenvalue weighted by Gasteiger charge is -2.13. The zero-order valence-corrected chi connectivity index (χ0v) is 19.5. The number of aliphatic hydroxyl groups excluding tert-OH is 1. The largest absolute Gasteiger partial charge is 0.396 e. The number of ether oxygens (including phenoxy) is 1. The fraction of sp³-hybridized carbons (Fsp3) is 0.348. The number of nitrogens with zero attached hydrogens (tertiary/aromatic N) is 2. The second-order valence-corrected chi connectivity index (χ2v) is 9.22. The van der Waals surface area contributed by atoms with Crippen LogP contribution in [0.5, 0.6) is 0 Å². The van der Waals surface area contributed by atoms with Crippen LogP contribution in [0.15, 0.2) is 58.5 Å². The van der Waals surface area contributed by atoms with Crippen molar-refractivity contribution >= 4 is 35.0 Å². The van der Waals surface area contributed by atoms with Crippen molar-refractivity contribution < 1.29 is 9.84 Å². The van der Waals surface area contributed by atoms with E-state index in [0.717, 1.165) is 27.0 Å². The maximum absolute atomic E-state index is 9.41. The van der Waals surface area contributed by atoms with Gasteiger partial charge in [0.15, 0.2) is 0 Å². The number of aliphatic hydroxyl groups is 1. The summed E-state index contributed by atoms with van der Waals surface area (Å²) in [6.07, 6.45) is 0.642. The zero-order valence-electron chi connectivity index (χ0n) is 17.1. The summed E-state index contributed by atoms with van der Waals surface area (Å²) in [4.78, 5) is 5.86. The van der Waals surface area contributed by atoms with Crippen LogP contribution in [-0.2, 0) is 24.5 Å². The molecule has 0 bridgehead atoms.